The normalized spacial score (nSPS) is 12.8. The van der Waals surface area contributed by atoms with Crippen LogP contribution in [0.25, 0.3) is 0 Å². The fraction of sp³-hybridized carbons (Fsp3) is 0.240. The summed E-state index contributed by atoms with van der Waals surface area (Å²) in [6.45, 7) is 0. The summed E-state index contributed by atoms with van der Waals surface area (Å²) in [6, 6.07) is 16.9. The molecule has 0 heterocycles. The van der Waals surface area contributed by atoms with Gasteiger partial charge in [0.2, 0.25) is 0 Å². The van der Waals surface area contributed by atoms with Gasteiger partial charge in [-0.1, -0.05) is 0 Å². The number of hydrogen-bond acceptors (Lipinski definition) is 2. The van der Waals surface area contributed by atoms with Crippen LogP contribution in [0.4, 0.5) is 13.2 Å². The fourth-order valence-electron chi connectivity index (χ4n) is 3.28. The Morgan fingerprint density at radius 2 is 1.67 bits per heavy atom. The van der Waals surface area contributed by atoms with E-state index in [0.717, 1.165) is 34.3 Å². The third kappa shape index (κ3) is 7.11. The van der Waals surface area contributed by atoms with Crippen LogP contribution in [0.3, 0.4) is 0 Å². The van der Waals surface area contributed by atoms with E-state index < -0.39 is 37.5 Å². The zero-order valence-corrected chi connectivity index (χ0v) is 20.7. The van der Waals surface area contributed by atoms with E-state index in [1.165, 1.54) is 24.3 Å². The Morgan fingerprint density at radius 1 is 1.06 bits per heavy atom. The van der Waals surface area contributed by atoms with Gasteiger partial charge < -0.3 is 0 Å². The number of carboxylic acid groups (broad SMARTS) is 1. The van der Waals surface area contributed by atoms with Gasteiger partial charge in [0.25, 0.3) is 0 Å². The minimum absolute atomic E-state index is 0.208. The Labute approximate surface area is 202 Å². The van der Waals surface area contributed by atoms with Crippen LogP contribution in [0.15, 0.2) is 72.8 Å². The minimum atomic E-state index is -3.28. The van der Waals surface area contributed by atoms with E-state index >= 15 is 0 Å². The Morgan fingerprint density at radius 3 is 2.24 bits per heavy atom. The van der Waals surface area contributed by atoms with Crippen LogP contribution in [0.5, 0.6) is 5.75 Å². The van der Waals surface area contributed by atoms with Crippen molar-refractivity contribution in [3.05, 3.63) is 100 Å². The van der Waals surface area contributed by atoms with Gasteiger partial charge >= 0.3 is 193 Å². The number of rotatable bonds is 10. The molecule has 0 amide bonds. The maximum atomic E-state index is 14.8. The molecule has 0 aliphatic rings. The van der Waals surface area contributed by atoms with Crippen LogP contribution in [-0.2, 0) is 10.7 Å². The van der Waals surface area contributed by atoms with Crippen LogP contribution < -0.4 is 4.74 Å². The molecule has 1 atom stereocenters. The summed E-state index contributed by atoms with van der Waals surface area (Å²) in [6.07, 6.45) is 0.211. The first-order valence-electron chi connectivity index (χ1n) is 10.1. The summed E-state index contributed by atoms with van der Waals surface area (Å²) in [7, 11) is 0. The van der Waals surface area contributed by atoms with E-state index in [-0.39, 0.29) is 21.7 Å². The molecule has 0 spiro atoms. The van der Waals surface area contributed by atoms with Crippen molar-refractivity contribution in [3.63, 3.8) is 0 Å². The average Bonchev–Trinajstić information content (AvgIpc) is 2.77. The van der Waals surface area contributed by atoms with Gasteiger partial charge in [-0.3, -0.25) is 0 Å². The first kappa shape index (κ1) is 25.4. The third-order valence-electron chi connectivity index (χ3n) is 4.96. The molecular weight excluding hydrogens is 568 g/mol. The van der Waals surface area contributed by atoms with E-state index in [1.807, 2.05) is 11.0 Å². The average molecular weight is 591 g/mol. The Kier molecular flexibility index (Phi) is 8.64. The molecule has 1 unspecified atom stereocenters. The number of hydrogen-bond donors (Lipinski definition) is 1. The second-order valence-corrected chi connectivity index (χ2v) is 13.9. The van der Waals surface area contributed by atoms with Gasteiger partial charge in [0.1, 0.15) is 5.82 Å². The monoisotopic (exact) mass is 590 g/mol. The summed E-state index contributed by atoms with van der Waals surface area (Å²) >= 11 is 4.48. The summed E-state index contributed by atoms with van der Waals surface area (Å²) in [4.78, 5) is 13.0. The maximum absolute atomic E-state index is 14.8. The molecule has 0 bridgehead atoms. The molecule has 176 valence electrons. The van der Waals surface area contributed by atoms with Crippen LogP contribution >= 0.6 is 31.4 Å². The summed E-state index contributed by atoms with van der Waals surface area (Å²) in [5.41, 5.74) is 0.305. The van der Waals surface area contributed by atoms with Gasteiger partial charge in [0.05, 0.1) is 0 Å². The van der Waals surface area contributed by atoms with E-state index in [2.05, 4.69) is 0 Å². The molecule has 0 fully saturated rings. The molecule has 3 nitrogen and oxygen atoms in total. The van der Waals surface area contributed by atoms with Gasteiger partial charge in [-0.05, 0) is 0 Å². The van der Waals surface area contributed by atoms with Gasteiger partial charge in [0, 0.05) is 0 Å². The molecule has 0 aromatic heterocycles. The number of halogens is 5. The molecule has 3 aromatic carbocycles. The molecule has 0 saturated heterocycles. The molecule has 3 rings (SSSR count). The Hall–Kier alpha value is -2.26. The van der Waals surface area contributed by atoms with Gasteiger partial charge in [-0.2, -0.15) is 0 Å². The molecule has 0 aliphatic heterocycles. The van der Waals surface area contributed by atoms with E-state index in [9.17, 15) is 18.0 Å². The number of alkyl halides is 5. The Bertz CT molecular complexity index is 1080. The predicted octanol–water partition coefficient (Wildman–Crippen LogP) is 7.35. The molecule has 0 radical (unpaired) electrons. The summed E-state index contributed by atoms with van der Waals surface area (Å²) in [5.74, 6) is -4.24. The fourth-order valence-corrected chi connectivity index (χ4v) is 6.60. The van der Waals surface area contributed by atoms with Gasteiger partial charge in [-0.15, -0.1) is 0 Å². The van der Waals surface area contributed by atoms with Gasteiger partial charge in [-0.25, -0.2) is 4.39 Å². The van der Waals surface area contributed by atoms with Crippen molar-refractivity contribution in [2.45, 2.75) is 18.4 Å². The molecule has 3 aromatic rings. The number of ether oxygens (including phenoxy) is 1. The van der Waals surface area contributed by atoms with Crippen LogP contribution in [0.1, 0.15) is 29.2 Å². The SMILES string of the molecule is CI(CCC(Oc1ccc(C(F)(F)c2ccc(F)cc2)cc1)c1cccc(Cl)c1)CC(=O)O. The first-order valence-corrected chi connectivity index (χ1v) is 15.6. The molecular formula is C25H23ClF3IO3. The molecule has 1 N–H and O–H groups in total. The molecule has 0 saturated carbocycles. The van der Waals surface area contributed by atoms with Crippen molar-refractivity contribution in [1.82, 2.24) is 0 Å². The zero-order valence-electron chi connectivity index (χ0n) is 17.8. The van der Waals surface area contributed by atoms with E-state index in [1.54, 1.807) is 18.2 Å². The van der Waals surface area contributed by atoms with Crippen molar-refractivity contribution < 1.29 is 27.8 Å². The summed E-state index contributed by atoms with van der Waals surface area (Å²) in [5, 5.41) is 9.58. The van der Waals surface area contributed by atoms with Crippen molar-refractivity contribution >= 4 is 37.4 Å². The van der Waals surface area contributed by atoms with Crippen LogP contribution in [-0.4, -0.2) is 24.9 Å². The predicted molar refractivity (Wildman–Crippen MR) is 133 cm³/mol. The third-order valence-corrected chi connectivity index (χ3v) is 9.61. The molecule has 0 aliphatic carbocycles. The van der Waals surface area contributed by atoms with Gasteiger partial charge in [0.15, 0.2) is 0 Å². The van der Waals surface area contributed by atoms with Crippen molar-refractivity contribution in [2.24, 2.45) is 0 Å². The number of carbonyl (C=O) groups is 1. The Balaban J connectivity index is 1.77. The number of aliphatic carboxylic acids is 1. The first-order chi connectivity index (χ1) is 15.6. The second kappa shape index (κ2) is 11.2. The van der Waals surface area contributed by atoms with E-state index in [0.29, 0.717) is 17.2 Å². The standard InChI is InChI=1S/C25H23ClF3IO3/c1-30(16-24(31)32)14-13-23(17-3-2-4-20(26)15-17)33-22-11-7-19(8-12-22)25(28,29)18-5-9-21(27)10-6-18/h2-12,15,23H,13-14,16H2,1H3,(H,31,32). The second-order valence-electron chi connectivity index (χ2n) is 7.50. The zero-order chi connectivity index (χ0) is 24.0. The number of carboxylic acids is 1. The quantitative estimate of drug-likeness (QED) is 0.198. The van der Waals surface area contributed by atoms with Crippen molar-refractivity contribution in [3.8, 4) is 5.75 Å². The molecule has 8 heteroatoms. The van der Waals surface area contributed by atoms with Crippen molar-refractivity contribution in [1.29, 1.82) is 0 Å². The summed E-state index contributed by atoms with van der Waals surface area (Å²) < 4.78 is 49.8. The molecule has 33 heavy (non-hydrogen) atoms. The number of benzene rings is 3. The van der Waals surface area contributed by atoms with E-state index in [4.69, 9.17) is 21.4 Å². The van der Waals surface area contributed by atoms with Crippen molar-refractivity contribution in [2.75, 3.05) is 13.8 Å². The topological polar surface area (TPSA) is 46.5 Å². The van der Waals surface area contributed by atoms with Crippen LogP contribution in [0, 0.1) is 5.82 Å². The van der Waals surface area contributed by atoms with Crippen LogP contribution in [0.2, 0.25) is 5.02 Å².